The highest BCUT2D eigenvalue weighted by Gasteiger charge is 2.14. The maximum atomic E-state index is 5.47. The van der Waals surface area contributed by atoms with Gasteiger partial charge >= 0.3 is 0 Å². The number of rotatable bonds is 9. The van der Waals surface area contributed by atoms with Crippen molar-refractivity contribution < 1.29 is 4.74 Å². The molecule has 0 radical (unpaired) electrons. The van der Waals surface area contributed by atoms with E-state index in [1.807, 2.05) is 14.0 Å². The summed E-state index contributed by atoms with van der Waals surface area (Å²) in [6, 6.07) is 8.81. The lowest BCUT2D eigenvalue weighted by Gasteiger charge is -2.16. The molecule has 0 fully saturated rings. The van der Waals surface area contributed by atoms with Gasteiger partial charge in [-0.2, -0.15) is 0 Å². The van der Waals surface area contributed by atoms with Gasteiger partial charge in [0.2, 0.25) is 0 Å². The number of ether oxygens (including phenoxy) is 1. The minimum Gasteiger partial charge on any atom is -0.382 e. The van der Waals surface area contributed by atoms with Gasteiger partial charge in [0.05, 0.1) is 11.0 Å². The van der Waals surface area contributed by atoms with E-state index in [-0.39, 0.29) is 0 Å². The number of nitrogens with zero attached hydrogens (tertiary/aromatic N) is 2. The lowest BCUT2D eigenvalue weighted by molar-refractivity contribution is 0.137. The lowest BCUT2D eigenvalue weighted by atomic mass is 10.1. The summed E-state index contributed by atoms with van der Waals surface area (Å²) in [4.78, 5) is 4.83. The van der Waals surface area contributed by atoms with Crippen LogP contribution in [0.25, 0.3) is 11.0 Å². The summed E-state index contributed by atoms with van der Waals surface area (Å²) in [6.07, 6.45) is 3.08. The standard InChI is InChI=1S/C17H27N3O/c1-4-11-20-16-9-7-6-8-15(16)19-17(20)13-14(18-3)10-12-21-5-2/h6-9,14,18H,4-5,10-13H2,1-3H3. The molecule has 1 aromatic carbocycles. The molecule has 4 heteroatoms. The molecule has 0 saturated carbocycles. The second-order valence-corrected chi connectivity index (χ2v) is 5.34. The van der Waals surface area contributed by atoms with Crippen molar-refractivity contribution in [1.82, 2.24) is 14.9 Å². The number of para-hydroxylation sites is 2. The summed E-state index contributed by atoms with van der Waals surface area (Å²) in [7, 11) is 2.02. The maximum Gasteiger partial charge on any atom is 0.111 e. The van der Waals surface area contributed by atoms with Gasteiger partial charge in [0.15, 0.2) is 0 Å². The smallest absolute Gasteiger partial charge is 0.111 e. The van der Waals surface area contributed by atoms with Crippen LogP contribution in [0.3, 0.4) is 0 Å². The van der Waals surface area contributed by atoms with Gasteiger partial charge in [0.1, 0.15) is 5.82 Å². The third kappa shape index (κ3) is 4.05. The molecule has 1 N–H and O–H groups in total. The van der Waals surface area contributed by atoms with Gasteiger partial charge in [-0.1, -0.05) is 19.1 Å². The lowest BCUT2D eigenvalue weighted by Crippen LogP contribution is -2.30. The van der Waals surface area contributed by atoms with E-state index < -0.39 is 0 Å². The molecule has 2 rings (SSSR count). The maximum absolute atomic E-state index is 5.47. The van der Waals surface area contributed by atoms with Crippen LogP contribution in [0.5, 0.6) is 0 Å². The SMILES string of the molecule is CCCn1c(CC(CCOCC)NC)nc2ccccc21. The number of fused-ring (bicyclic) bond motifs is 1. The highest BCUT2D eigenvalue weighted by molar-refractivity contribution is 5.75. The topological polar surface area (TPSA) is 39.1 Å². The number of aromatic nitrogens is 2. The molecule has 1 heterocycles. The molecular formula is C17H27N3O. The fourth-order valence-electron chi connectivity index (χ4n) is 2.69. The Hall–Kier alpha value is -1.39. The van der Waals surface area contributed by atoms with Crippen LogP contribution in [-0.4, -0.2) is 35.9 Å². The molecule has 0 amide bonds. The predicted molar refractivity (Wildman–Crippen MR) is 87.7 cm³/mol. The Morgan fingerprint density at radius 1 is 1.29 bits per heavy atom. The second-order valence-electron chi connectivity index (χ2n) is 5.34. The molecule has 2 aromatic rings. The molecule has 0 aliphatic rings. The van der Waals surface area contributed by atoms with Crippen molar-refractivity contribution in [3.8, 4) is 0 Å². The van der Waals surface area contributed by atoms with Crippen molar-refractivity contribution in [1.29, 1.82) is 0 Å². The Morgan fingerprint density at radius 2 is 2.10 bits per heavy atom. The summed E-state index contributed by atoms with van der Waals surface area (Å²) < 4.78 is 7.83. The molecule has 0 aliphatic heterocycles. The van der Waals surface area contributed by atoms with Crippen LogP contribution in [0.15, 0.2) is 24.3 Å². The van der Waals surface area contributed by atoms with Crippen LogP contribution >= 0.6 is 0 Å². The highest BCUT2D eigenvalue weighted by atomic mass is 16.5. The highest BCUT2D eigenvalue weighted by Crippen LogP contribution is 2.18. The normalized spacial score (nSPS) is 12.9. The number of likely N-dealkylation sites (N-methyl/N-ethyl adjacent to an activating group) is 1. The van der Waals surface area contributed by atoms with Crippen molar-refractivity contribution in [2.45, 2.75) is 45.7 Å². The second kappa shape index (κ2) is 8.15. The Morgan fingerprint density at radius 3 is 2.81 bits per heavy atom. The first-order valence-corrected chi connectivity index (χ1v) is 7.99. The van der Waals surface area contributed by atoms with Crippen molar-refractivity contribution in [2.75, 3.05) is 20.3 Å². The molecule has 0 aliphatic carbocycles. The molecule has 0 spiro atoms. The first-order chi connectivity index (χ1) is 10.3. The van der Waals surface area contributed by atoms with Gasteiger partial charge in [0.25, 0.3) is 0 Å². The molecule has 1 aromatic heterocycles. The predicted octanol–water partition coefficient (Wildman–Crippen LogP) is 3.00. The number of hydrogen-bond acceptors (Lipinski definition) is 3. The van der Waals surface area contributed by atoms with Gasteiger partial charge in [-0.3, -0.25) is 0 Å². The summed E-state index contributed by atoms with van der Waals surface area (Å²) in [5, 5.41) is 3.39. The van der Waals surface area contributed by atoms with Crippen LogP contribution < -0.4 is 5.32 Å². The minimum absolute atomic E-state index is 0.406. The Balaban J connectivity index is 2.17. The number of imidazole rings is 1. The first kappa shape index (κ1) is 16.0. The largest absolute Gasteiger partial charge is 0.382 e. The van der Waals surface area contributed by atoms with Crippen molar-refractivity contribution in [3.63, 3.8) is 0 Å². The summed E-state index contributed by atoms with van der Waals surface area (Å²) >= 11 is 0. The van der Waals surface area contributed by atoms with Crippen LogP contribution in [0, 0.1) is 0 Å². The number of benzene rings is 1. The van der Waals surface area contributed by atoms with E-state index in [0.717, 1.165) is 44.5 Å². The zero-order valence-electron chi connectivity index (χ0n) is 13.4. The number of aryl methyl sites for hydroxylation is 1. The van der Waals surface area contributed by atoms with E-state index in [4.69, 9.17) is 9.72 Å². The Bertz CT molecular complexity index is 550. The van der Waals surface area contributed by atoms with Crippen LogP contribution in [0.2, 0.25) is 0 Å². The fraction of sp³-hybridized carbons (Fsp3) is 0.588. The zero-order valence-corrected chi connectivity index (χ0v) is 13.4. The van der Waals surface area contributed by atoms with E-state index in [1.165, 1.54) is 11.3 Å². The zero-order chi connectivity index (χ0) is 15.1. The molecule has 21 heavy (non-hydrogen) atoms. The third-order valence-electron chi connectivity index (χ3n) is 3.83. The average molecular weight is 289 g/mol. The molecule has 1 atom stereocenters. The third-order valence-corrected chi connectivity index (χ3v) is 3.83. The summed E-state index contributed by atoms with van der Waals surface area (Å²) in [5.41, 5.74) is 2.34. The average Bonchev–Trinajstić information content (AvgIpc) is 2.85. The molecular weight excluding hydrogens is 262 g/mol. The van der Waals surface area contributed by atoms with Crippen molar-refractivity contribution in [2.24, 2.45) is 0 Å². The van der Waals surface area contributed by atoms with Crippen molar-refractivity contribution >= 4 is 11.0 Å². The molecule has 0 saturated heterocycles. The van der Waals surface area contributed by atoms with E-state index in [2.05, 4.69) is 41.1 Å². The summed E-state index contributed by atoms with van der Waals surface area (Å²) in [6.45, 7) is 6.86. The van der Waals surface area contributed by atoms with Gasteiger partial charge in [-0.05, 0) is 38.9 Å². The van der Waals surface area contributed by atoms with Gasteiger partial charge in [-0.15, -0.1) is 0 Å². The van der Waals surface area contributed by atoms with Gasteiger partial charge < -0.3 is 14.6 Å². The van der Waals surface area contributed by atoms with Crippen LogP contribution in [0.1, 0.15) is 32.5 Å². The van der Waals surface area contributed by atoms with E-state index in [0.29, 0.717) is 6.04 Å². The van der Waals surface area contributed by atoms with E-state index >= 15 is 0 Å². The fourth-order valence-corrected chi connectivity index (χ4v) is 2.69. The molecule has 116 valence electrons. The Labute approximate surface area is 127 Å². The molecule has 1 unspecified atom stereocenters. The van der Waals surface area contributed by atoms with E-state index in [9.17, 15) is 0 Å². The quantitative estimate of drug-likeness (QED) is 0.721. The molecule has 4 nitrogen and oxygen atoms in total. The minimum atomic E-state index is 0.406. The number of nitrogens with one attached hydrogen (secondary N) is 1. The van der Waals surface area contributed by atoms with Gasteiger partial charge in [-0.25, -0.2) is 4.98 Å². The van der Waals surface area contributed by atoms with Crippen LogP contribution in [-0.2, 0) is 17.7 Å². The van der Waals surface area contributed by atoms with Crippen LogP contribution in [0.4, 0.5) is 0 Å². The van der Waals surface area contributed by atoms with Gasteiger partial charge in [0, 0.05) is 32.2 Å². The number of hydrogen-bond donors (Lipinski definition) is 1. The first-order valence-electron chi connectivity index (χ1n) is 7.99. The van der Waals surface area contributed by atoms with E-state index in [1.54, 1.807) is 0 Å². The monoisotopic (exact) mass is 289 g/mol. The Kier molecular flexibility index (Phi) is 6.21. The van der Waals surface area contributed by atoms with Crippen molar-refractivity contribution in [3.05, 3.63) is 30.1 Å². The molecule has 0 bridgehead atoms. The summed E-state index contributed by atoms with van der Waals surface area (Å²) in [5.74, 6) is 1.17.